The Labute approximate surface area is 120 Å². The van der Waals surface area contributed by atoms with Crippen molar-refractivity contribution >= 4 is 18.3 Å². The highest BCUT2D eigenvalue weighted by atomic mass is 35.5. The Bertz CT molecular complexity index is 406. The summed E-state index contributed by atoms with van der Waals surface area (Å²) < 4.78 is 5.16. The maximum atomic E-state index is 11.8. The number of hydrogen-bond donors (Lipinski definition) is 2. The first kappa shape index (κ1) is 15.8. The molecule has 1 unspecified atom stereocenters. The molecule has 1 aromatic rings. The van der Waals surface area contributed by atoms with Gasteiger partial charge in [-0.15, -0.1) is 12.4 Å². The van der Waals surface area contributed by atoms with Gasteiger partial charge in [0.15, 0.2) is 0 Å². The van der Waals surface area contributed by atoms with Gasteiger partial charge in [-0.1, -0.05) is 12.1 Å². The van der Waals surface area contributed by atoms with E-state index in [0.29, 0.717) is 12.5 Å². The Morgan fingerprint density at radius 1 is 1.53 bits per heavy atom. The quantitative estimate of drug-likeness (QED) is 0.862. The van der Waals surface area contributed by atoms with E-state index >= 15 is 0 Å². The third-order valence-corrected chi connectivity index (χ3v) is 3.20. The van der Waals surface area contributed by atoms with Crippen molar-refractivity contribution in [2.75, 3.05) is 20.2 Å². The number of halogens is 1. The van der Waals surface area contributed by atoms with Crippen molar-refractivity contribution in [3.8, 4) is 5.75 Å². The van der Waals surface area contributed by atoms with Crippen LogP contribution < -0.4 is 15.4 Å². The lowest BCUT2D eigenvalue weighted by Gasteiger charge is -2.11. The summed E-state index contributed by atoms with van der Waals surface area (Å²) in [6.45, 7) is 1.89. The van der Waals surface area contributed by atoms with Gasteiger partial charge in [-0.2, -0.15) is 0 Å². The van der Waals surface area contributed by atoms with E-state index in [1.54, 1.807) is 7.11 Å². The van der Waals surface area contributed by atoms with Crippen LogP contribution in [0.5, 0.6) is 5.75 Å². The minimum atomic E-state index is 0. The number of ether oxygens (including phenoxy) is 1. The van der Waals surface area contributed by atoms with E-state index in [1.807, 2.05) is 24.3 Å². The van der Waals surface area contributed by atoms with E-state index < -0.39 is 0 Å². The number of rotatable bonds is 5. The van der Waals surface area contributed by atoms with Crippen LogP contribution in [0.4, 0.5) is 0 Å². The zero-order chi connectivity index (χ0) is 12.8. The summed E-state index contributed by atoms with van der Waals surface area (Å²) in [4.78, 5) is 11.8. The van der Waals surface area contributed by atoms with Gasteiger partial charge in [0.1, 0.15) is 5.75 Å². The molecule has 1 aliphatic heterocycles. The van der Waals surface area contributed by atoms with Gasteiger partial charge < -0.3 is 15.4 Å². The molecule has 4 nitrogen and oxygen atoms in total. The number of nitrogens with one attached hydrogen (secondary N) is 2. The summed E-state index contributed by atoms with van der Waals surface area (Å²) >= 11 is 0. The molecule has 5 heteroatoms. The Balaban J connectivity index is 0.00000180. The fourth-order valence-electron chi connectivity index (χ4n) is 2.16. The van der Waals surface area contributed by atoms with Crippen LogP contribution in [-0.4, -0.2) is 32.1 Å². The van der Waals surface area contributed by atoms with E-state index in [4.69, 9.17) is 4.74 Å². The lowest BCUT2D eigenvalue weighted by molar-refractivity contribution is -0.121. The van der Waals surface area contributed by atoms with Crippen molar-refractivity contribution in [2.24, 2.45) is 0 Å². The van der Waals surface area contributed by atoms with Gasteiger partial charge in [0.2, 0.25) is 5.91 Å². The molecule has 1 atom stereocenters. The summed E-state index contributed by atoms with van der Waals surface area (Å²) in [6.07, 6.45) is 2.32. The van der Waals surface area contributed by atoms with Crippen molar-refractivity contribution in [3.05, 3.63) is 29.8 Å². The molecule has 2 N–H and O–H groups in total. The zero-order valence-corrected chi connectivity index (χ0v) is 12.0. The van der Waals surface area contributed by atoms with E-state index in [0.717, 1.165) is 37.2 Å². The molecule has 19 heavy (non-hydrogen) atoms. The smallest absolute Gasteiger partial charge is 0.220 e. The molecule has 0 saturated carbocycles. The fourth-order valence-corrected chi connectivity index (χ4v) is 2.16. The number of carbonyl (C=O) groups is 1. The number of carbonyl (C=O) groups excluding carboxylic acids is 1. The molecule has 1 fully saturated rings. The standard InChI is InChI=1S/C14H20N2O2.ClH/c1-18-13-4-2-3-11(9-13)5-6-14(17)16-12-7-8-15-10-12;/h2-4,9,12,15H,5-8,10H2,1H3,(H,16,17);1H. The van der Waals surface area contributed by atoms with Gasteiger partial charge in [-0.05, 0) is 37.1 Å². The third kappa shape index (κ3) is 5.09. The van der Waals surface area contributed by atoms with Crippen LogP contribution in [0.15, 0.2) is 24.3 Å². The largest absolute Gasteiger partial charge is 0.497 e. The predicted molar refractivity (Wildman–Crippen MR) is 78.0 cm³/mol. The fraction of sp³-hybridized carbons (Fsp3) is 0.500. The van der Waals surface area contributed by atoms with E-state index in [2.05, 4.69) is 10.6 Å². The van der Waals surface area contributed by atoms with Crippen molar-refractivity contribution in [1.29, 1.82) is 0 Å². The number of benzene rings is 1. The molecule has 1 aliphatic rings. The number of hydrogen-bond acceptors (Lipinski definition) is 3. The Morgan fingerprint density at radius 2 is 2.37 bits per heavy atom. The average molecular weight is 285 g/mol. The molecule has 0 spiro atoms. The highest BCUT2D eigenvalue weighted by molar-refractivity contribution is 5.85. The molecule has 0 bridgehead atoms. The molecule has 1 heterocycles. The number of aryl methyl sites for hydroxylation is 1. The Morgan fingerprint density at radius 3 is 3.05 bits per heavy atom. The molecule has 0 radical (unpaired) electrons. The first-order valence-corrected chi connectivity index (χ1v) is 6.41. The molecular formula is C14H21ClN2O2. The molecule has 1 aromatic carbocycles. The van der Waals surface area contributed by atoms with Crippen molar-refractivity contribution in [2.45, 2.75) is 25.3 Å². The van der Waals surface area contributed by atoms with Gasteiger partial charge in [-0.25, -0.2) is 0 Å². The summed E-state index contributed by atoms with van der Waals surface area (Å²) in [7, 11) is 1.65. The van der Waals surface area contributed by atoms with Crippen LogP contribution in [0.1, 0.15) is 18.4 Å². The summed E-state index contributed by atoms with van der Waals surface area (Å²) in [5.41, 5.74) is 1.13. The maximum absolute atomic E-state index is 11.8. The van der Waals surface area contributed by atoms with Crippen LogP contribution in [0, 0.1) is 0 Å². The Kier molecular flexibility index (Phi) is 6.67. The number of amides is 1. The van der Waals surface area contributed by atoms with Gasteiger partial charge in [-0.3, -0.25) is 4.79 Å². The highest BCUT2D eigenvalue weighted by Crippen LogP contribution is 2.13. The summed E-state index contributed by atoms with van der Waals surface area (Å²) in [6, 6.07) is 8.17. The average Bonchev–Trinajstić information content (AvgIpc) is 2.89. The van der Waals surface area contributed by atoms with Crippen molar-refractivity contribution in [3.63, 3.8) is 0 Å². The van der Waals surface area contributed by atoms with E-state index in [-0.39, 0.29) is 18.3 Å². The van der Waals surface area contributed by atoms with Gasteiger partial charge in [0.05, 0.1) is 7.11 Å². The molecule has 1 amide bonds. The summed E-state index contributed by atoms with van der Waals surface area (Å²) in [5, 5.41) is 6.28. The first-order chi connectivity index (χ1) is 8.78. The van der Waals surface area contributed by atoms with E-state index in [9.17, 15) is 4.79 Å². The van der Waals surface area contributed by atoms with Crippen molar-refractivity contribution < 1.29 is 9.53 Å². The minimum Gasteiger partial charge on any atom is -0.497 e. The first-order valence-electron chi connectivity index (χ1n) is 6.41. The van der Waals surface area contributed by atoms with Crippen LogP contribution in [0.2, 0.25) is 0 Å². The lowest BCUT2D eigenvalue weighted by atomic mass is 10.1. The van der Waals surface area contributed by atoms with Gasteiger partial charge in [0.25, 0.3) is 0 Å². The third-order valence-electron chi connectivity index (χ3n) is 3.20. The topological polar surface area (TPSA) is 50.4 Å². The Hall–Kier alpha value is -1.26. The second-order valence-electron chi connectivity index (χ2n) is 4.61. The minimum absolute atomic E-state index is 0. The number of methoxy groups -OCH3 is 1. The molecule has 1 saturated heterocycles. The SMILES string of the molecule is COc1cccc(CCC(=O)NC2CCNC2)c1.Cl. The molecule has 0 aliphatic carbocycles. The maximum Gasteiger partial charge on any atom is 0.220 e. The molecule has 0 aromatic heterocycles. The van der Waals surface area contributed by atoms with Crippen LogP contribution in [-0.2, 0) is 11.2 Å². The molecule has 106 valence electrons. The predicted octanol–water partition coefficient (Wildman–Crippen LogP) is 1.53. The van der Waals surface area contributed by atoms with Crippen LogP contribution in [0.25, 0.3) is 0 Å². The summed E-state index contributed by atoms with van der Waals surface area (Å²) in [5.74, 6) is 0.972. The lowest BCUT2D eigenvalue weighted by Crippen LogP contribution is -2.36. The second-order valence-corrected chi connectivity index (χ2v) is 4.61. The van der Waals surface area contributed by atoms with Crippen molar-refractivity contribution in [1.82, 2.24) is 10.6 Å². The monoisotopic (exact) mass is 284 g/mol. The van der Waals surface area contributed by atoms with Crippen LogP contribution in [0.3, 0.4) is 0 Å². The second kappa shape index (κ2) is 8.02. The van der Waals surface area contributed by atoms with Gasteiger partial charge >= 0.3 is 0 Å². The zero-order valence-electron chi connectivity index (χ0n) is 11.1. The highest BCUT2D eigenvalue weighted by Gasteiger charge is 2.16. The van der Waals surface area contributed by atoms with Crippen LogP contribution >= 0.6 is 12.4 Å². The van der Waals surface area contributed by atoms with Gasteiger partial charge in [0, 0.05) is 19.0 Å². The molecule has 2 rings (SSSR count). The van der Waals surface area contributed by atoms with E-state index in [1.165, 1.54) is 0 Å². The normalized spacial score (nSPS) is 17.6. The molecular weight excluding hydrogens is 264 g/mol.